The lowest BCUT2D eigenvalue weighted by molar-refractivity contribution is 0.171. The van der Waals surface area contributed by atoms with E-state index in [0.717, 1.165) is 22.8 Å². The molecule has 2 aromatic rings. The van der Waals surface area contributed by atoms with Gasteiger partial charge in [0.1, 0.15) is 5.75 Å². The van der Waals surface area contributed by atoms with Gasteiger partial charge in [0.05, 0.1) is 11.8 Å². The number of nitrogens with two attached hydrogens (primary N) is 1. The molecule has 0 aliphatic rings. The summed E-state index contributed by atoms with van der Waals surface area (Å²) in [4.78, 5) is 0. The SMILES string of the molecule is CCC(O)Cc1cccc2c(O)c(N)ccc12. The van der Waals surface area contributed by atoms with Crippen molar-refractivity contribution in [3.63, 3.8) is 0 Å². The van der Waals surface area contributed by atoms with Crippen molar-refractivity contribution >= 4 is 16.5 Å². The molecule has 1 unspecified atom stereocenters. The molecule has 3 nitrogen and oxygen atoms in total. The molecule has 0 amide bonds. The fourth-order valence-corrected chi connectivity index (χ4v) is 2.00. The van der Waals surface area contributed by atoms with Crippen molar-refractivity contribution in [2.75, 3.05) is 5.73 Å². The van der Waals surface area contributed by atoms with Crippen LogP contribution in [0.15, 0.2) is 30.3 Å². The number of hydrogen-bond acceptors (Lipinski definition) is 3. The Labute approximate surface area is 101 Å². The van der Waals surface area contributed by atoms with Crippen LogP contribution < -0.4 is 5.73 Å². The molecule has 90 valence electrons. The van der Waals surface area contributed by atoms with Crippen LogP contribution in [0.1, 0.15) is 18.9 Å². The summed E-state index contributed by atoms with van der Waals surface area (Å²) in [6.07, 6.45) is 0.967. The maximum atomic E-state index is 9.89. The van der Waals surface area contributed by atoms with Gasteiger partial charge in [-0.25, -0.2) is 0 Å². The smallest absolute Gasteiger partial charge is 0.146 e. The molecular weight excluding hydrogens is 214 g/mol. The quantitative estimate of drug-likeness (QED) is 0.561. The number of aromatic hydroxyl groups is 1. The molecular formula is C14H17NO2. The van der Waals surface area contributed by atoms with Gasteiger partial charge < -0.3 is 15.9 Å². The molecule has 2 aromatic carbocycles. The maximum absolute atomic E-state index is 9.89. The number of aliphatic hydroxyl groups is 1. The third-order valence-corrected chi connectivity index (χ3v) is 3.08. The van der Waals surface area contributed by atoms with E-state index in [1.807, 2.05) is 31.2 Å². The van der Waals surface area contributed by atoms with Crippen molar-refractivity contribution in [1.29, 1.82) is 0 Å². The van der Waals surface area contributed by atoms with Gasteiger partial charge in [0.25, 0.3) is 0 Å². The van der Waals surface area contributed by atoms with E-state index in [1.54, 1.807) is 6.07 Å². The summed E-state index contributed by atoms with van der Waals surface area (Å²) in [6.45, 7) is 1.95. The predicted octanol–water partition coefficient (Wildman–Crippen LogP) is 2.44. The lowest BCUT2D eigenvalue weighted by Gasteiger charge is -2.12. The van der Waals surface area contributed by atoms with E-state index in [-0.39, 0.29) is 11.9 Å². The van der Waals surface area contributed by atoms with E-state index in [9.17, 15) is 10.2 Å². The molecule has 0 aromatic heterocycles. The normalized spacial score (nSPS) is 12.8. The largest absolute Gasteiger partial charge is 0.505 e. The summed E-state index contributed by atoms with van der Waals surface area (Å²) in [6, 6.07) is 9.26. The maximum Gasteiger partial charge on any atom is 0.146 e. The molecule has 0 saturated carbocycles. The summed E-state index contributed by atoms with van der Waals surface area (Å²) >= 11 is 0. The van der Waals surface area contributed by atoms with E-state index in [4.69, 9.17) is 5.73 Å². The van der Waals surface area contributed by atoms with Crippen LogP contribution in [0.2, 0.25) is 0 Å². The minimum absolute atomic E-state index is 0.121. The van der Waals surface area contributed by atoms with Crippen molar-refractivity contribution < 1.29 is 10.2 Å². The second-order valence-electron chi connectivity index (χ2n) is 4.28. The summed E-state index contributed by atoms with van der Waals surface area (Å²) in [5.74, 6) is 0.121. The number of fused-ring (bicyclic) bond motifs is 1. The zero-order chi connectivity index (χ0) is 12.4. The number of aliphatic hydroxyl groups excluding tert-OH is 1. The molecule has 0 heterocycles. The van der Waals surface area contributed by atoms with Crippen LogP contribution in [0.5, 0.6) is 5.75 Å². The van der Waals surface area contributed by atoms with Crippen LogP contribution in [-0.2, 0) is 6.42 Å². The highest BCUT2D eigenvalue weighted by Crippen LogP contribution is 2.32. The van der Waals surface area contributed by atoms with Gasteiger partial charge in [-0.15, -0.1) is 0 Å². The highest BCUT2D eigenvalue weighted by molar-refractivity contribution is 5.94. The van der Waals surface area contributed by atoms with Crippen molar-refractivity contribution in [3.8, 4) is 5.75 Å². The first-order valence-electron chi connectivity index (χ1n) is 5.80. The van der Waals surface area contributed by atoms with Crippen LogP contribution in [0.4, 0.5) is 5.69 Å². The molecule has 0 aliphatic heterocycles. The van der Waals surface area contributed by atoms with Gasteiger partial charge in [0.15, 0.2) is 0 Å². The lowest BCUT2D eigenvalue weighted by Crippen LogP contribution is -2.08. The van der Waals surface area contributed by atoms with Gasteiger partial charge in [-0.2, -0.15) is 0 Å². The van der Waals surface area contributed by atoms with E-state index in [0.29, 0.717) is 12.1 Å². The minimum Gasteiger partial charge on any atom is -0.505 e. The van der Waals surface area contributed by atoms with E-state index < -0.39 is 0 Å². The van der Waals surface area contributed by atoms with Gasteiger partial charge in [0.2, 0.25) is 0 Å². The Morgan fingerprint density at radius 2 is 1.94 bits per heavy atom. The van der Waals surface area contributed by atoms with Gasteiger partial charge in [-0.05, 0) is 29.9 Å². The number of rotatable bonds is 3. The summed E-state index contributed by atoms with van der Waals surface area (Å²) in [5.41, 5.74) is 7.08. The third-order valence-electron chi connectivity index (χ3n) is 3.08. The van der Waals surface area contributed by atoms with Gasteiger partial charge >= 0.3 is 0 Å². The molecule has 0 radical (unpaired) electrons. The average molecular weight is 231 g/mol. The Morgan fingerprint density at radius 1 is 1.18 bits per heavy atom. The Hall–Kier alpha value is -1.74. The monoisotopic (exact) mass is 231 g/mol. The van der Waals surface area contributed by atoms with Crippen LogP contribution in [0, 0.1) is 0 Å². The number of hydrogen-bond donors (Lipinski definition) is 3. The van der Waals surface area contributed by atoms with Crippen molar-refractivity contribution in [3.05, 3.63) is 35.9 Å². The lowest BCUT2D eigenvalue weighted by atomic mass is 9.98. The Bertz CT molecular complexity index is 537. The first kappa shape index (κ1) is 11.7. The van der Waals surface area contributed by atoms with E-state index in [1.165, 1.54) is 0 Å². The Balaban J connectivity index is 2.54. The van der Waals surface area contributed by atoms with Crippen LogP contribution in [0.3, 0.4) is 0 Å². The number of benzene rings is 2. The number of anilines is 1. The standard InChI is InChI=1S/C14H17NO2/c1-2-10(16)8-9-4-3-5-12-11(9)6-7-13(15)14(12)17/h3-7,10,16-17H,2,8,15H2,1H3. The second-order valence-corrected chi connectivity index (χ2v) is 4.28. The molecule has 2 rings (SSSR count). The molecule has 0 spiro atoms. The summed E-state index contributed by atoms with van der Waals surface area (Å²) < 4.78 is 0. The highest BCUT2D eigenvalue weighted by Gasteiger charge is 2.09. The molecule has 1 atom stereocenters. The second kappa shape index (κ2) is 4.63. The van der Waals surface area contributed by atoms with Crippen molar-refractivity contribution in [2.24, 2.45) is 0 Å². The van der Waals surface area contributed by atoms with Crippen LogP contribution in [-0.4, -0.2) is 16.3 Å². The van der Waals surface area contributed by atoms with Crippen molar-refractivity contribution in [2.45, 2.75) is 25.9 Å². The van der Waals surface area contributed by atoms with Crippen LogP contribution >= 0.6 is 0 Å². The van der Waals surface area contributed by atoms with Gasteiger partial charge in [-0.3, -0.25) is 0 Å². The first-order chi connectivity index (χ1) is 8.13. The fourth-order valence-electron chi connectivity index (χ4n) is 2.00. The number of phenols is 1. The fraction of sp³-hybridized carbons (Fsp3) is 0.286. The molecule has 17 heavy (non-hydrogen) atoms. The average Bonchev–Trinajstić information content (AvgIpc) is 2.34. The summed E-state index contributed by atoms with van der Waals surface area (Å²) in [7, 11) is 0. The Kier molecular flexibility index (Phi) is 3.20. The van der Waals surface area contributed by atoms with Crippen molar-refractivity contribution in [1.82, 2.24) is 0 Å². The zero-order valence-electron chi connectivity index (χ0n) is 9.85. The highest BCUT2D eigenvalue weighted by atomic mass is 16.3. The molecule has 4 N–H and O–H groups in total. The van der Waals surface area contributed by atoms with E-state index in [2.05, 4.69) is 0 Å². The first-order valence-corrected chi connectivity index (χ1v) is 5.80. The minimum atomic E-state index is -0.347. The number of phenolic OH excluding ortho intramolecular Hbond substituents is 1. The topological polar surface area (TPSA) is 66.5 Å². The predicted molar refractivity (Wildman–Crippen MR) is 70.0 cm³/mol. The molecule has 0 saturated heterocycles. The summed E-state index contributed by atoms with van der Waals surface area (Å²) in [5, 5.41) is 21.3. The third kappa shape index (κ3) is 2.19. The van der Waals surface area contributed by atoms with Gasteiger partial charge in [-0.1, -0.05) is 31.2 Å². The van der Waals surface area contributed by atoms with Crippen LogP contribution in [0.25, 0.3) is 10.8 Å². The zero-order valence-corrected chi connectivity index (χ0v) is 9.85. The molecule has 3 heteroatoms. The van der Waals surface area contributed by atoms with E-state index >= 15 is 0 Å². The Morgan fingerprint density at radius 3 is 2.65 bits per heavy atom. The molecule has 0 bridgehead atoms. The van der Waals surface area contributed by atoms with Gasteiger partial charge in [0, 0.05) is 5.39 Å². The molecule has 0 fully saturated rings. The molecule has 0 aliphatic carbocycles. The number of nitrogen functional groups attached to an aromatic ring is 1.